The van der Waals surface area contributed by atoms with E-state index in [-0.39, 0.29) is 6.90 Å². The molecule has 0 saturated carbocycles. The first kappa shape index (κ1) is 4.37. The van der Waals surface area contributed by atoms with E-state index in [1.54, 1.807) is 6.08 Å². The first-order valence-corrected chi connectivity index (χ1v) is 2.68. The quantitative estimate of drug-likeness (QED) is 0.457. The van der Waals surface area contributed by atoms with Crippen molar-refractivity contribution in [2.45, 2.75) is 27.7 Å². The van der Waals surface area contributed by atoms with E-state index >= 15 is 0 Å². The Morgan fingerprint density at radius 2 is 2.00 bits per heavy atom. The van der Waals surface area contributed by atoms with Gasteiger partial charge in [0.2, 0.25) is 0 Å². The lowest BCUT2D eigenvalue weighted by atomic mass is 10.2. The lowest BCUT2D eigenvalue weighted by molar-refractivity contribution is 1.35. The van der Waals surface area contributed by atoms with Crippen LogP contribution in [0.25, 0.3) is 0 Å². The molecule has 0 aromatic carbocycles. The van der Waals surface area contributed by atoms with Crippen LogP contribution in [0.5, 0.6) is 0 Å². The molecular formula is C8H14. The van der Waals surface area contributed by atoms with E-state index in [9.17, 15) is 0 Å². The van der Waals surface area contributed by atoms with Gasteiger partial charge in [-0.15, -0.1) is 0 Å². The molecular weight excluding hydrogens is 96.1 g/mol. The average molecular weight is 112 g/mol. The molecule has 0 nitrogen and oxygen atoms in total. The Labute approximate surface area is 54.7 Å². The highest BCUT2D eigenvalue weighted by Gasteiger charge is 1.71. The zero-order chi connectivity index (χ0) is 8.15. The van der Waals surface area contributed by atoms with Crippen LogP contribution in [0.3, 0.4) is 0 Å². The van der Waals surface area contributed by atoms with E-state index < -0.39 is 0 Å². The van der Waals surface area contributed by atoms with E-state index in [1.165, 1.54) is 0 Å². The lowest BCUT2D eigenvalue weighted by Crippen LogP contribution is -1.62. The summed E-state index contributed by atoms with van der Waals surface area (Å²) in [6, 6.07) is 0.532. The molecule has 0 fully saturated rings. The first-order chi connectivity index (χ1) is 4.57. The molecule has 0 heteroatoms. The number of rotatable bonds is 1. The Balaban J connectivity index is 4.27. The van der Waals surface area contributed by atoms with Gasteiger partial charge in [0.05, 0.1) is 1.37 Å². The summed E-state index contributed by atoms with van der Waals surface area (Å²) in [6.45, 7) is 5.95. The SMILES string of the molecule is [2H]C/C(C)=C\C([2H])=C(C)C. The van der Waals surface area contributed by atoms with E-state index in [2.05, 4.69) is 0 Å². The molecule has 0 rings (SSSR count). The fourth-order valence-corrected chi connectivity index (χ4v) is 0.268. The minimum Gasteiger partial charge on any atom is -0.0764 e. The van der Waals surface area contributed by atoms with Gasteiger partial charge >= 0.3 is 0 Å². The minimum absolute atomic E-state index is 0.287. The molecule has 0 spiro atoms. The summed E-state index contributed by atoms with van der Waals surface area (Å²) in [5.74, 6) is 0. The molecule has 0 aliphatic rings. The third kappa shape index (κ3) is 5.48. The minimum atomic E-state index is 0.287. The van der Waals surface area contributed by atoms with Crippen LogP contribution in [0.2, 0.25) is 0 Å². The fraction of sp³-hybridized carbons (Fsp3) is 0.500. The van der Waals surface area contributed by atoms with Crippen LogP contribution in [0.4, 0.5) is 0 Å². The average Bonchev–Trinajstić information content (AvgIpc) is 1.87. The van der Waals surface area contributed by atoms with Gasteiger partial charge in [0.15, 0.2) is 0 Å². The van der Waals surface area contributed by atoms with Gasteiger partial charge in [0, 0.05) is 1.37 Å². The molecule has 0 heterocycles. The highest BCUT2D eigenvalue weighted by molar-refractivity contribution is 5.12. The second kappa shape index (κ2) is 3.48. The Bertz CT molecular complexity index is 162. The topological polar surface area (TPSA) is 0 Å². The summed E-state index contributed by atoms with van der Waals surface area (Å²) in [6.07, 6.45) is 1.74. The first-order valence-electron chi connectivity index (χ1n) is 3.89. The van der Waals surface area contributed by atoms with Gasteiger partial charge in [0.25, 0.3) is 0 Å². The maximum atomic E-state index is 7.38. The van der Waals surface area contributed by atoms with Crippen molar-refractivity contribution in [2.24, 2.45) is 0 Å². The molecule has 0 saturated heterocycles. The Morgan fingerprint density at radius 3 is 2.38 bits per heavy atom. The predicted octanol–water partition coefficient (Wildman–Crippen LogP) is 2.92. The summed E-state index contributed by atoms with van der Waals surface area (Å²) in [5.41, 5.74) is 1.93. The van der Waals surface area contributed by atoms with Gasteiger partial charge < -0.3 is 0 Å². The molecule has 0 aromatic heterocycles. The fourth-order valence-electron chi connectivity index (χ4n) is 0.268. The van der Waals surface area contributed by atoms with Crippen LogP contribution < -0.4 is 0 Å². The summed E-state index contributed by atoms with van der Waals surface area (Å²) >= 11 is 0. The van der Waals surface area contributed by atoms with Crippen molar-refractivity contribution in [1.29, 1.82) is 0 Å². The monoisotopic (exact) mass is 112 g/mol. The Morgan fingerprint density at radius 1 is 1.38 bits per heavy atom. The third-order valence-corrected chi connectivity index (χ3v) is 0.607. The van der Waals surface area contributed by atoms with Crippen molar-refractivity contribution in [3.05, 3.63) is 23.3 Å². The maximum Gasteiger partial charge on any atom is 0.0622 e. The zero-order valence-electron chi connectivity index (χ0n) is 7.78. The van der Waals surface area contributed by atoms with E-state index in [1.807, 2.05) is 20.8 Å². The van der Waals surface area contributed by atoms with E-state index in [0.29, 0.717) is 6.05 Å². The molecule has 0 amide bonds. The molecule has 8 heavy (non-hydrogen) atoms. The van der Waals surface area contributed by atoms with Crippen LogP contribution in [0.15, 0.2) is 23.3 Å². The second-order valence-corrected chi connectivity index (χ2v) is 2.14. The predicted molar refractivity (Wildman–Crippen MR) is 38.9 cm³/mol. The van der Waals surface area contributed by atoms with Crippen molar-refractivity contribution < 1.29 is 2.74 Å². The molecule has 0 radical (unpaired) electrons. The van der Waals surface area contributed by atoms with E-state index in [4.69, 9.17) is 2.74 Å². The normalized spacial score (nSPS) is 14.6. The summed E-state index contributed by atoms with van der Waals surface area (Å²) < 4.78 is 14.3. The summed E-state index contributed by atoms with van der Waals surface area (Å²) in [7, 11) is 0. The smallest absolute Gasteiger partial charge is 0.0622 e. The molecule has 0 aliphatic carbocycles. The molecule has 0 bridgehead atoms. The number of hydrogen-bond donors (Lipinski definition) is 0. The van der Waals surface area contributed by atoms with Gasteiger partial charge in [-0.25, -0.2) is 0 Å². The van der Waals surface area contributed by atoms with Crippen molar-refractivity contribution in [3.8, 4) is 0 Å². The molecule has 46 valence electrons. The summed E-state index contributed by atoms with van der Waals surface area (Å²) in [4.78, 5) is 0. The highest BCUT2D eigenvalue weighted by atomic mass is 13.8. The molecule has 0 unspecified atom stereocenters. The van der Waals surface area contributed by atoms with Crippen molar-refractivity contribution in [1.82, 2.24) is 0 Å². The molecule has 0 atom stereocenters. The molecule has 0 N–H and O–H groups in total. The van der Waals surface area contributed by atoms with Gasteiger partial charge in [0.1, 0.15) is 0 Å². The van der Waals surface area contributed by atoms with Gasteiger partial charge in [-0.2, -0.15) is 0 Å². The van der Waals surface area contributed by atoms with Gasteiger partial charge in [-0.05, 0) is 27.7 Å². The maximum absolute atomic E-state index is 7.38. The molecule has 0 aromatic rings. The van der Waals surface area contributed by atoms with E-state index in [0.717, 1.165) is 11.1 Å². The second-order valence-electron chi connectivity index (χ2n) is 2.14. The number of hydrogen-bond acceptors (Lipinski definition) is 0. The van der Waals surface area contributed by atoms with Gasteiger partial charge in [-0.3, -0.25) is 0 Å². The van der Waals surface area contributed by atoms with Crippen LogP contribution in [0, 0.1) is 0 Å². The van der Waals surface area contributed by atoms with Crippen molar-refractivity contribution >= 4 is 0 Å². The zero-order valence-corrected chi connectivity index (χ0v) is 5.78. The lowest BCUT2D eigenvalue weighted by Gasteiger charge is -1.84. The van der Waals surface area contributed by atoms with Crippen LogP contribution in [-0.2, 0) is 0 Å². The number of allylic oxidation sites excluding steroid dienone is 4. The largest absolute Gasteiger partial charge is 0.0764 e. The van der Waals surface area contributed by atoms with Gasteiger partial charge in [-0.1, -0.05) is 23.3 Å². The van der Waals surface area contributed by atoms with Crippen molar-refractivity contribution in [3.63, 3.8) is 0 Å². The highest BCUT2D eigenvalue weighted by Crippen LogP contribution is 1.93. The van der Waals surface area contributed by atoms with Crippen LogP contribution >= 0.6 is 0 Å². The van der Waals surface area contributed by atoms with Crippen LogP contribution in [0.1, 0.15) is 30.4 Å². The Hall–Kier alpha value is -0.520. The van der Waals surface area contributed by atoms with Crippen molar-refractivity contribution in [2.75, 3.05) is 0 Å². The standard InChI is InChI=1S/C8H14/c1-7(2)5-6-8(3)4/h5-6H,1-4H3/i1D,6D/b7-5+. The molecule has 0 aliphatic heterocycles. The van der Waals surface area contributed by atoms with Crippen LogP contribution in [-0.4, -0.2) is 0 Å². The third-order valence-electron chi connectivity index (χ3n) is 0.607. The Kier molecular flexibility index (Phi) is 1.90. The summed E-state index contributed by atoms with van der Waals surface area (Å²) in [5, 5.41) is 0.